The third-order valence-corrected chi connectivity index (χ3v) is 3.92. The second-order valence-electron chi connectivity index (χ2n) is 4.16. The first-order chi connectivity index (χ1) is 8.93. The first-order valence-electron chi connectivity index (χ1n) is 5.54. The van der Waals surface area contributed by atoms with Gasteiger partial charge < -0.3 is 11.1 Å². The minimum atomic E-state index is -0.407. The van der Waals surface area contributed by atoms with Crippen molar-refractivity contribution in [3.8, 4) is 6.07 Å². The lowest BCUT2D eigenvalue weighted by Crippen LogP contribution is -2.14. The fraction of sp³-hybridized carbons (Fsp3) is 0.250. The maximum atomic E-state index is 12.1. The fourth-order valence-corrected chi connectivity index (χ4v) is 2.70. The molecule has 0 unspecified atom stereocenters. The van der Waals surface area contributed by atoms with Gasteiger partial charge in [0.2, 0.25) is 0 Å². The number of amides is 1. The van der Waals surface area contributed by atoms with Crippen LogP contribution in [0.15, 0.2) is 6.20 Å². The molecule has 2 heterocycles. The van der Waals surface area contributed by atoms with Gasteiger partial charge in [-0.2, -0.15) is 10.4 Å². The molecule has 0 aliphatic heterocycles. The van der Waals surface area contributed by atoms with Crippen molar-refractivity contribution in [3.63, 3.8) is 0 Å². The lowest BCUT2D eigenvalue weighted by Gasteiger charge is -2.01. The Labute approximate surface area is 114 Å². The number of rotatable bonds is 2. The monoisotopic (exact) mass is 275 g/mol. The van der Waals surface area contributed by atoms with Crippen molar-refractivity contribution in [1.29, 1.82) is 5.26 Å². The number of hydrogen-bond acceptors (Lipinski definition) is 5. The molecule has 0 bridgehead atoms. The molecule has 7 heteroatoms. The summed E-state index contributed by atoms with van der Waals surface area (Å²) in [4.78, 5) is 13.1. The number of nitriles is 1. The molecule has 98 valence electrons. The van der Waals surface area contributed by atoms with Crippen LogP contribution in [0.4, 0.5) is 10.7 Å². The lowest BCUT2D eigenvalue weighted by molar-refractivity contribution is 0.102. The zero-order valence-electron chi connectivity index (χ0n) is 10.8. The average Bonchev–Trinajstić information content (AvgIpc) is 2.80. The van der Waals surface area contributed by atoms with Gasteiger partial charge in [-0.25, -0.2) is 0 Å². The van der Waals surface area contributed by atoms with Gasteiger partial charge in [0, 0.05) is 18.1 Å². The van der Waals surface area contributed by atoms with E-state index in [0.29, 0.717) is 16.3 Å². The van der Waals surface area contributed by atoms with Crippen LogP contribution in [-0.2, 0) is 7.05 Å². The van der Waals surface area contributed by atoms with E-state index in [4.69, 9.17) is 11.0 Å². The SMILES string of the molecule is Cc1sc(NC(=O)c2nn(C)cc2N)c(C#N)c1C. The highest BCUT2D eigenvalue weighted by Gasteiger charge is 2.18. The van der Waals surface area contributed by atoms with Crippen LogP contribution in [0.3, 0.4) is 0 Å². The van der Waals surface area contributed by atoms with E-state index in [1.165, 1.54) is 16.0 Å². The van der Waals surface area contributed by atoms with Crippen LogP contribution in [0.2, 0.25) is 0 Å². The summed E-state index contributed by atoms with van der Waals surface area (Å²) in [5, 5.41) is 16.3. The van der Waals surface area contributed by atoms with E-state index in [0.717, 1.165) is 10.4 Å². The Morgan fingerprint density at radius 3 is 2.79 bits per heavy atom. The molecular formula is C12H13N5OS. The molecule has 0 spiro atoms. The Morgan fingerprint density at radius 2 is 2.26 bits per heavy atom. The van der Waals surface area contributed by atoms with Crippen molar-refractivity contribution in [3.05, 3.63) is 27.9 Å². The summed E-state index contributed by atoms with van der Waals surface area (Å²) in [6.45, 7) is 3.76. The summed E-state index contributed by atoms with van der Waals surface area (Å²) in [6.07, 6.45) is 1.56. The minimum Gasteiger partial charge on any atom is -0.396 e. The molecular weight excluding hydrogens is 262 g/mol. The van der Waals surface area contributed by atoms with Crippen molar-refractivity contribution in [2.45, 2.75) is 13.8 Å². The van der Waals surface area contributed by atoms with Crippen LogP contribution in [0.25, 0.3) is 0 Å². The number of nitrogens with two attached hydrogens (primary N) is 1. The van der Waals surface area contributed by atoms with Gasteiger partial charge in [0.1, 0.15) is 11.1 Å². The standard InChI is InChI=1S/C12H13N5OS/c1-6-7(2)19-12(8(6)4-13)15-11(18)10-9(14)5-17(3)16-10/h5H,14H2,1-3H3,(H,15,18). The molecule has 2 aromatic rings. The van der Waals surface area contributed by atoms with Gasteiger partial charge in [0.05, 0.1) is 11.3 Å². The summed E-state index contributed by atoms with van der Waals surface area (Å²) in [5.74, 6) is -0.407. The second kappa shape index (κ2) is 4.74. The Morgan fingerprint density at radius 1 is 1.58 bits per heavy atom. The number of anilines is 2. The fourth-order valence-electron chi connectivity index (χ4n) is 1.70. The van der Waals surface area contributed by atoms with E-state index >= 15 is 0 Å². The summed E-state index contributed by atoms with van der Waals surface area (Å²) >= 11 is 1.37. The van der Waals surface area contributed by atoms with Crippen molar-refractivity contribution >= 4 is 27.9 Å². The first kappa shape index (κ1) is 13.1. The van der Waals surface area contributed by atoms with Crippen LogP contribution in [0.5, 0.6) is 0 Å². The molecule has 0 aliphatic rings. The molecule has 0 saturated carbocycles. The van der Waals surface area contributed by atoms with Gasteiger partial charge >= 0.3 is 0 Å². The predicted octanol–water partition coefficient (Wildman–Crippen LogP) is 1.80. The normalized spacial score (nSPS) is 10.2. The number of nitrogens with zero attached hydrogens (tertiary/aromatic N) is 3. The predicted molar refractivity (Wildman–Crippen MR) is 74.1 cm³/mol. The molecule has 0 atom stereocenters. The van der Waals surface area contributed by atoms with Gasteiger partial charge in [-0.05, 0) is 19.4 Å². The maximum absolute atomic E-state index is 12.1. The number of nitrogen functional groups attached to an aromatic ring is 1. The lowest BCUT2D eigenvalue weighted by atomic mass is 10.2. The van der Waals surface area contributed by atoms with Gasteiger partial charge in [-0.3, -0.25) is 9.48 Å². The molecule has 0 fully saturated rings. The Kier molecular flexibility index (Phi) is 3.27. The molecule has 1 amide bonds. The van der Waals surface area contributed by atoms with E-state index in [-0.39, 0.29) is 5.69 Å². The minimum absolute atomic E-state index is 0.162. The Hall–Kier alpha value is -2.33. The second-order valence-corrected chi connectivity index (χ2v) is 5.38. The van der Waals surface area contributed by atoms with Gasteiger partial charge in [0.15, 0.2) is 5.69 Å². The summed E-state index contributed by atoms with van der Waals surface area (Å²) in [7, 11) is 1.69. The smallest absolute Gasteiger partial charge is 0.278 e. The van der Waals surface area contributed by atoms with E-state index in [1.54, 1.807) is 13.2 Å². The molecule has 2 aromatic heterocycles. The summed E-state index contributed by atoms with van der Waals surface area (Å²) < 4.78 is 1.47. The zero-order valence-corrected chi connectivity index (χ0v) is 11.6. The van der Waals surface area contributed by atoms with E-state index in [2.05, 4.69) is 16.5 Å². The molecule has 6 nitrogen and oxygen atoms in total. The molecule has 0 saturated heterocycles. The van der Waals surface area contributed by atoms with Gasteiger partial charge in [-0.15, -0.1) is 11.3 Å². The van der Waals surface area contributed by atoms with E-state index < -0.39 is 5.91 Å². The van der Waals surface area contributed by atoms with E-state index in [9.17, 15) is 4.79 Å². The Balaban J connectivity index is 2.32. The highest BCUT2D eigenvalue weighted by atomic mass is 32.1. The maximum Gasteiger partial charge on any atom is 0.278 e. The van der Waals surface area contributed by atoms with E-state index in [1.807, 2.05) is 13.8 Å². The third kappa shape index (κ3) is 2.30. The van der Waals surface area contributed by atoms with Gasteiger partial charge in [0.25, 0.3) is 5.91 Å². The number of nitrogens with one attached hydrogen (secondary N) is 1. The van der Waals surface area contributed by atoms with Crippen LogP contribution in [-0.4, -0.2) is 15.7 Å². The first-order valence-corrected chi connectivity index (χ1v) is 6.36. The zero-order chi connectivity index (χ0) is 14.2. The van der Waals surface area contributed by atoms with Crippen LogP contribution in [0, 0.1) is 25.2 Å². The average molecular weight is 275 g/mol. The third-order valence-electron chi connectivity index (χ3n) is 2.80. The highest BCUT2D eigenvalue weighted by molar-refractivity contribution is 7.16. The quantitative estimate of drug-likeness (QED) is 0.873. The van der Waals surface area contributed by atoms with Crippen molar-refractivity contribution < 1.29 is 4.79 Å². The number of aromatic nitrogens is 2. The van der Waals surface area contributed by atoms with Gasteiger partial charge in [-0.1, -0.05) is 0 Å². The molecule has 0 aromatic carbocycles. The number of aryl methyl sites for hydroxylation is 2. The topological polar surface area (TPSA) is 96.7 Å². The Bertz CT molecular complexity index is 692. The largest absolute Gasteiger partial charge is 0.396 e. The molecule has 2 rings (SSSR count). The van der Waals surface area contributed by atoms with Crippen molar-refractivity contribution in [1.82, 2.24) is 9.78 Å². The molecule has 0 aliphatic carbocycles. The molecule has 3 N–H and O–H groups in total. The molecule has 19 heavy (non-hydrogen) atoms. The number of thiophene rings is 1. The summed E-state index contributed by atoms with van der Waals surface area (Å²) in [5.41, 5.74) is 7.54. The number of carbonyl (C=O) groups is 1. The van der Waals surface area contributed by atoms with Crippen LogP contribution < -0.4 is 11.1 Å². The molecule has 0 radical (unpaired) electrons. The van der Waals surface area contributed by atoms with Crippen LogP contribution >= 0.6 is 11.3 Å². The van der Waals surface area contributed by atoms with Crippen LogP contribution in [0.1, 0.15) is 26.5 Å². The van der Waals surface area contributed by atoms with Crippen molar-refractivity contribution in [2.24, 2.45) is 7.05 Å². The van der Waals surface area contributed by atoms with Crippen molar-refractivity contribution in [2.75, 3.05) is 11.1 Å². The number of hydrogen-bond donors (Lipinski definition) is 2. The highest BCUT2D eigenvalue weighted by Crippen LogP contribution is 2.32. The summed E-state index contributed by atoms with van der Waals surface area (Å²) in [6, 6.07) is 2.10. The number of carbonyl (C=O) groups excluding carboxylic acids is 1.